The predicted molar refractivity (Wildman–Crippen MR) is 56.1 cm³/mol. The molecule has 9 heteroatoms. The minimum atomic E-state index is -4.70. The van der Waals surface area contributed by atoms with E-state index in [1.54, 1.807) is 0 Å². The van der Waals surface area contributed by atoms with E-state index in [4.69, 9.17) is 0 Å². The van der Waals surface area contributed by atoms with Gasteiger partial charge >= 0.3 is 59.1 Å². The van der Waals surface area contributed by atoms with Gasteiger partial charge in [-0.3, -0.25) is 0 Å². The Morgan fingerprint density at radius 2 is 1.33 bits per heavy atom. The third kappa shape index (κ3) is 5.64. The van der Waals surface area contributed by atoms with Crippen molar-refractivity contribution in [2.45, 2.75) is 0 Å². The summed E-state index contributed by atoms with van der Waals surface area (Å²) in [5, 5.41) is -0.248. The summed E-state index contributed by atoms with van der Waals surface area (Å²) in [6, 6.07) is 2.74. The molecule has 0 N–H and O–H groups in total. The van der Waals surface area contributed by atoms with E-state index in [0.717, 1.165) is 0 Å². The van der Waals surface area contributed by atoms with Crippen LogP contribution in [0, 0.1) is 0 Å². The summed E-state index contributed by atoms with van der Waals surface area (Å²) in [5.74, 6) is 0. The molecule has 1 aromatic carbocycles. The maximum atomic E-state index is 10.7. The molecule has 3 nitrogen and oxygen atoms in total. The van der Waals surface area contributed by atoms with E-state index in [0.29, 0.717) is 8.95 Å². The molecule has 0 radical (unpaired) electrons. The van der Waals surface area contributed by atoms with E-state index in [9.17, 15) is 14.7 Å². The third-order valence-corrected chi connectivity index (χ3v) is 5.95. The Morgan fingerprint density at radius 3 is 1.73 bits per heavy atom. The van der Waals surface area contributed by atoms with Crippen molar-refractivity contribution in [2.24, 2.45) is 0 Å². The monoisotopic (exact) mass is 436 g/mol. The van der Waals surface area contributed by atoms with Crippen LogP contribution in [0.5, 0.6) is 0 Å². The van der Waals surface area contributed by atoms with E-state index in [1.807, 2.05) is 0 Å². The average molecular weight is 439 g/mol. The van der Waals surface area contributed by atoms with Crippen molar-refractivity contribution in [1.29, 1.82) is 0 Å². The zero-order valence-corrected chi connectivity index (χ0v) is 17.6. The molecule has 0 unspecified atom stereocenters. The molecule has 0 aliphatic heterocycles. The summed E-state index contributed by atoms with van der Waals surface area (Å²) in [5.41, 5.74) is 0. The normalized spacial score (nSPS) is 10.3. The molecule has 0 heterocycles. The van der Waals surface area contributed by atoms with Gasteiger partial charge in [-0.2, -0.15) is 0 Å². The van der Waals surface area contributed by atoms with Gasteiger partial charge in [0, 0.05) is 8.95 Å². The van der Waals surface area contributed by atoms with Crippen LogP contribution in [0.25, 0.3) is 0 Å². The summed E-state index contributed by atoms with van der Waals surface area (Å²) in [7, 11) is -4.70. The molecule has 15 heavy (non-hydrogen) atoms. The zero-order chi connectivity index (χ0) is 10.2. The summed E-state index contributed by atoms with van der Waals surface area (Å²) in [6.07, 6.45) is 0. The molecule has 1 aromatic rings. The fraction of sp³-hybridized carbons (Fsp3) is 0. The van der Waals surface area contributed by atoms with Crippen LogP contribution in [0.2, 0.25) is 0 Å². The molecule has 0 aliphatic carbocycles. The molecule has 0 aromatic heterocycles. The molecular weight excluding hydrogens is 437 g/mol. The second-order valence-corrected chi connectivity index (χ2v) is 6.11. The minimum absolute atomic E-state index is 0. The Hall–Kier alpha value is 2.97. The van der Waals surface area contributed by atoms with Gasteiger partial charge in [0.25, 0.3) is 0 Å². The van der Waals surface area contributed by atoms with E-state index in [1.165, 1.54) is 12.1 Å². The maximum absolute atomic E-state index is 10.7. The van der Waals surface area contributed by atoms with Gasteiger partial charge in [0.2, 0.25) is 0 Å². The van der Waals surface area contributed by atoms with Crippen molar-refractivity contribution in [3.05, 3.63) is 25.6 Å². The molecule has 0 spiro atoms. The zero-order valence-electron chi connectivity index (χ0n) is 7.96. The SMILES string of the molecule is [Na+].[Na+].[O-][P+]([O-])([O-])c1ccc(Br)c(Br)c1Br. The first-order chi connectivity index (χ1) is 5.84. The van der Waals surface area contributed by atoms with Crippen molar-refractivity contribution in [3.63, 3.8) is 0 Å². The van der Waals surface area contributed by atoms with Gasteiger partial charge in [-0.05, 0) is 59.9 Å². The number of hydrogen-bond acceptors (Lipinski definition) is 3. The fourth-order valence-corrected chi connectivity index (χ4v) is 3.43. The van der Waals surface area contributed by atoms with Crippen LogP contribution in [-0.2, 0) is 0 Å². The first kappa shape index (κ1) is 20.3. The number of halogens is 3. The summed E-state index contributed by atoms with van der Waals surface area (Å²) >= 11 is 9.32. The molecule has 0 amide bonds. The van der Waals surface area contributed by atoms with E-state index in [2.05, 4.69) is 47.8 Å². The molecule has 0 saturated heterocycles. The molecule has 0 bridgehead atoms. The van der Waals surface area contributed by atoms with Gasteiger partial charge in [0.1, 0.15) is 0 Å². The van der Waals surface area contributed by atoms with Crippen molar-refractivity contribution in [1.82, 2.24) is 0 Å². The van der Waals surface area contributed by atoms with Crippen LogP contribution in [0.15, 0.2) is 25.6 Å². The van der Waals surface area contributed by atoms with Crippen LogP contribution in [0.4, 0.5) is 0 Å². The minimum Gasteiger partial charge on any atom is -0.683 e. The largest absolute Gasteiger partial charge is 1.00 e. The number of rotatable bonds is 1. The summed E-state index contributed by atoms with van der Waals surface area (Å²) in [6.45, 7) is 0. The van der Waals surface area contributed by atoms with Gasteiger partial charge in [0.05, 0.1) is 9.78 Å². The van der Waals surface area contributed by atoms with E-state index >= 15 is 0 Å². The topological polar surface area (TPSA) is 69.2 Å². The Labute approximate surface area is 158 Å². The summed E-state index contributed by atoms with van der Waals surface area (Å²) < 4.78 is 1.43. The van der Waals surface area contributed by atoms with Crippen molar-refractivity contribution < 1.29 is 73.8 Å². The maximum Gasteiger partial charge on any atom is 1.00 e. The van der Waals surface area contributed by atoms with Gasteiger partial charge in [0.15, 0.2) is 0 Å². The molecule has 1 rings (SSSR count). The molecule has 0 fully saturated rings. The molecule has 72 valence electrons. The number of benzene rings is 1. The van der Waals surface area contributed by atoms with Gasteiger partial charge < -0.3 is 14.7 Å². The second kappa shape index (κ2) is 8.20. The molecule has 0 saturated carbocycles. The number of hydrogen-bond donors (Lipinski definition) is 0. The first-order valence-electron chi connectivity index (χ1n) is 3.00. The second-order valence-electron chi connectivity index (χ2n) is 2.19. The average Bonchev–Trinajstić information content (AvgIpc) is 1.98. The fourth-order valence-electron chi connectivity index (χ4n) is 0.727. The molecule has 0 aliphatic rings. The van der Waals surface area contributed by atoms with Crippen LogP contribution in [0.3, 0.4) is 0 Å². The van der Waals surface area contributed by atoms with Crippen molar-refractivity contribution in [3.8, 4) is 0 Å². The third-order valence-electron chi connectivity index (χ3n) is 1.31. The standard InChI is InChI=1S/C6H4Br3O3P.2Na/c7-3-1-2-4(13(10,11)12)6(9)5(3)8;;/h1-2H,(H2,10,11,12);;/q;2*+1/p-2. The summed E-state index contributed by atoms with van der Waals surface area (Å²) in [4.78, 5) is 32.2. The Kier molecular flexibility index (Phi) is 11.1. The van der Waals surface area contributed by atoms with Crippen molar-refractivity contribution >= 4 is 61.0 Å². The Morgan fingerprint density at radius 1 is 0.867 bits per heavy atom. The van der Waals surface area contributed by atoms with Crippen LogP contribution in [-0.4, -0.2) is 0 Å². The van der Waals surface area contributed by atoms with Crippen LogP contribution >= 0.6 is 55.7 Å². The van der Waals surface area contributed by atoms with Gasteiger partial charge in [-0.15, -0.1) is 7.94 Å². The molecular formula is C6H2Br3Na2O3P. The Balaban J connectivity index is 0. The molecule has 0 atom stereocenters. The van der Waals surface area contributed by atoms with Crippen LogP contribution < -0.4 is 79.1 Å². The van der Waals surface area contributed by atoms with Gasteiger partial charge in [-0.1, -0.05) is 0 Å². The quantitative estimate of drug-likeness (QED) is 0.250. The van der Waals surface area contributed by atoms with Gasteiger partial charge in [-0.25, -0.2) is 0 Å². The van der Waals surface area contributed by atoms with Crippen molar-refractivity contribution in [2.75, 3.05) is 0 Å². The first-order valence-corrected chi connectivity index (χ1v) is 6.92. The smallest absolute Gasteiger partial charge is 0.683 e. The van der Waals surface area contributed by atoms with E-state index in [-0.39, 0.29) is 68.9 Å². The van der Waals surface area contributed by atoms with E-state index < -0.39 is 7.94 Å². The Bertz CT molecular complexity index is 345. The van der Waals surface area contributed by atoms with Crippen LogP contribution in [0.1, 0.15) is 0 Å². The predicted octanol–water partition coefficient (Wildman–Crippen LogP) is -5.55.